The Morgan fingerprint density at radius 1 is 1.26 bits per heavy atom. The van der Waals surface area contributed by atoms with Gasteiger partial charge in [0.15, 0.2) is 0 Å². The van der Waals surface area contributed by atoms with Crippen molar-refractivity contribution in [1.82, 2.24) is 15.1 Å². The first kappa shape index (κ1) is 16.4. The standard InChI is InChI=1S/C18H26FN3O/c19-16-3-1-2-15(14-16)6-10-21(17-4-5-17)11-7-18(23)22-12-8-20-9-13-22/h1-3,14,17,20H,4-13H2. The van der Waals surface area contributed by atoms with E-state index >= 15 is 0 Å². The van der Waals surface area contributed by atoms with E-state index in [1.54, 1.807) is 12.1 Å². The van der Waals surface area contributed by atoms with Crippen LogP contribution in [0.1, 0.15) is 24.8 Å². The highest BCUT2D eigenvalue weighted by Crippen LogP contribution is 2.27. The average Bonchev–Trinajstić information content (AvgIpc) is 3.40. The minimum absolute atomic E-state index is 0.172. The Bertz CT molecular complexity index is 527. The maximum absolute atomic E-state index is 13.3. The zero-order valence-electron chi connectivity index (χ0n) is 13.6. The molecule has 1 heterocycles. The molecule has 1 aromatic rings. The number of hydrogen-bond acceptors (Lipinski definition) is 3. The van der Waals surface area contributed by atoms with Gasteiger partial charge in [-0.25, -0.2) is 4.39 Å². The van der Waals surface area contributed by atoms with Gasteiger partial charge >= 0.3 is 0 Å². The van der Waals surface area contributed by atoms with E-state index < -0.39 is 0 Å². The lowest BCUT2D eigenvalue weighted by Gasteiger charge is -2.29. The Balaban J connectivity index is 1.46. The van der Waals surface area contributed by atoms with Crippen LogP contribution < -0.4 is 5.32 Å². The second-order valence-corrected chi connectivity index (χ2v) is 6.53. The molecule has 1 saturated heterocycles. The van der Waals surface area contributed by atoms with Gasteiger partial charge in [0.1, 0.15) is 5.82 Å². The fourth-order valence-corrected chi connectivity index (χ4v) is 3.19. The lowest BCUT2D eigenvalue weighted by Crippen LogP contribution is -2.47. The number of piperazine rings is 1. The number of carbonyl (C=O) groups excluding carboxylic acids is 1. The van der Waals surface area contributed by atoms with Gasteiger partial charge in [-0.2, -0.15) is 0 Å². The Morgan fingerprint density at radius 2 is 2.04 bits per heavy atom. The molecule has 0 unspecified atom stereocenters. The van der Waals surface area contributed by atoms with E-state index in [1.807, 2.05) is 11.0 Å². The molecule has 23 heavy (non-hydrogen) atoms. The molecule has 0 bridgehead atoms. The van der Waals surface area contributed by atoms with Crippen LogP contribution in [0.25, 0.3) is 0 Å². The van der Waals surface area contributed by atoms with Gasteiger partial charge in [-0.05, 0) is 37.0 Å². The quantitative estimate of drug-likeness (QED) is 0.830. The Labute approximate surface area is 137 Å². The van der Waals surface area contributed by atoms with Crippen molar-refractivity contribution in [2.45, 2.75) is 31.7 Å². The number of benzene rings is 1. The van der Waals surface area contributed by atoms with Crippen LogP contribution in [0.15, 0.2) is 24.3 Å². The van der Waals surface area contributed by atoms with Gasteiger partial charge in [-0.3, -0.25) is 9.69 Å². The van der Waals surface area contributed by atoms with E-state index in [1.165, 1.54) is 18.9 Å². The summed E-state index contributed by atoms with van der Waals surface area (Å²) in [5.41, 5.74) is 1.03. The van der Waals surface area contributed by atoms with E-state index in [4.69, 9.17) is 0 Å². The van der Waals surface area contributed by atoms with Crippen LogP contribution in [0.4, 0.5) is 4.39 Å². The largest absolute Gasteiger partial charge is 0.340 e. The first-order valence-electron chi connectivity index (χ1n) is 8.69. The molecule has 1 aliphatic heterocycles. The topological polar surface area (TPSA) is 35.6 Å². The maximum Gasteiger partial charge on any atom is 0.223 e. The zero-order valence-corrected chi connectivity index (χ0v) is 13.6. The predicted molar refractivity (Wildman–Crippen MR) is 88.8 cm³/mol. The second-order valence-electron chi connectivity index (χ2n) is 6.53. The number of halogens is 1. The molecule has 4 nitrogen and oxygen atoms in total. The van der Waals surface area contributed by atoms with Gasteiger partial charge in [0.2, 0.25) is 5.91 Å². The van der Waals surface area contributed by atoms with Crippen LogP contribution in [0.2, 0.25) is 0 Å². The number of rotatable bonds is 7. The molecule has 1 N–H and O–H groups in total. The fourth-order valence-electron chi connectivity index (χ4n) is 3.19. The van der Waals surface area contributed by atoms with Crippen molar-refractivity contribution in [3.05, 3.63) is 35.6 Å². The molecule has 126 valence electrons. The Kier molecular flexibility index (Phi) is 5.62. The lowest BCUT2D eigenvalue weighted by molar-refractivity contribution is -0.132. The summed E-state index contributed by atoms with van der Waals surface area (Å²) >= 11 is 0. The number of nitrogens with one attached hydrogen (secondary N) is 1. The molecule has 3 rings (SSSR count). The molecule has 5 heteroatoms. The summed E-state index contributed by atoms with van der Waals surface area (Å²) in [5.74, 6) is 0.0947. The third-order valence-electron chi connectivity index (χ3n) is 4.72. The highest BCUT2D eigenvalue weighted by Gasteiger charge is 2.29. The monoisotopic (exact) mass is 319 g/mol. The summed E-state index contributed by atoms with van der Waals surface area (Å²) in [5, 5.41) is 3.27. The fraction of sp³-hybridized carbons (Fsp3) is 0.611. The van der Waals surface area contributed by atoms with Crippen molar-refractivity contribution in [2.24, 2.45) is 0 Å². The number of hydrogen-bond donors (Lipinski definition) is 1. The molecule has 0 aromatic heterocycles. The summed E-state index contributed by atoms with van der Waals surface area (Å²) in [6, 6.07) is 7.45. The van der Waals surface area contributed by atoms with E-state index in [-0.39, 0.29) is 11.7 Å². The molecular weight excluding hydrogens is 293 g/mol. The molecule has 0 radical (unpaired) electrons. The van der Waals surface area contributed by atoms with Gasteiger partial charge in [0.05, 0.1) is 0 Å². The first-order valence-corrected chi connectivity index (χ1v) is 8.69. The molecule has 1 aromatic carbocycles. The molecule has 0 spiro atoms. The lowest BCUT2D eigenvalue weighted by atomic mass is 10.1. The highest BCUT2D eigenvalue weighted by atomic mass is 19.1. The summed E-state index contributed by atoms with van der Waals surface area (Å²) < 4.78 is 13.3. The maximum atomic E-state index is 13.3. The Hall–Kier alpha value is -1.46. The molecular formula is C18H26FN3O. The zero-order chi connectivity index (χ0) is 16.1. The second kappa shape index (κ2) is 7.88. The first-order chi connectivity index (χ1) is 11.2. The summed E-state index contributed by atoms with van der Waals surface area (Å²) in [6.07, 6.45) is 3.89. The van der Waals surface area contributed by atoms with Crippen LogP contribution in [-0.4, -0.2) is 61.0 Å². The third kappa shape index (κ3) is 5.01. The van der Waals surface area contributed by atoms with Crippen LogP contribution >= 0.6 is 0 Å². The molecule has 0 atom stereocenters. The van der Waals surface area contributed by atoms with Crippen molar-refractivity contribution in [1.29, 1.82) is 0 Å². The van der Waals surface area contributed by atoms with Gasteiger partial charge in [0.25, 0.3) is 0 Å². The summed E-state index contributed by atoms with van der Waals surface area (Å²) in [6.45, 7) is 5.18. The van der Waals surface area contributed by atoms with Crippen molar-refractivity contribution >= 4 is 5.91 Å². The Morgan fingerprint density at radius 3 is 2.74 bits per heavy atom. The number of amides is 1. The highest BCUT2D eigenvalue weighted by molar-refractivity contribution is 5.76. The van der Waals surface area contributed by atoms with E-state index in [0.29, 0.717) is 12.5 Å². The molecule has 2 aliphatic rings. The van der Waals surface area contributed by atoms with Gasteiger partial charge < -0.3 is 10.2 Å². The van der Waals surface area contributed by atoms with Gasteiger partial charge in [-0.1, -0.05) is 12.1 Å². The van der Waals surface area contributed by atoms with Crippen LogP contribution in [0.5, 0.6) is 0 Å². The van der Waals surface area contributed by atoms with Crippen LogP contribution in [0, 0.1) is 5.82 Å². The van der Waals surface area contributed by atoms with Gasteiger partial charge in [0, 0.05) is 51.7 Å². The number of carbonyl (C=O) groups is 1. The van der Waals surface area contributed by atoms with E-state index in [9.17, 15) is 9.18 Å². The van der Waals surface area contributed by atoms with Crippen molar-refractivity contribution in [2.75, 3.05) is 39.3 Å². The third-order valence-corrected chi connectivity index (χ3v) is 4.72. The van der Waals surface area contributed by atoms with Crippen molar-refractivity contribution in [3.8, 4) is 0 Å². The number of nitrogens with zero attached hydrogens (tertiary/aromatic N) is 2. The SMILES string of the molecule is O=C(CCN(CCc1cccc(F)c1)C1CC1)N1CCNCC1. The minimum atomic E-state index is -0.172. The van der Waals surface area contributed by atoms with Crippen molar-refractivity contribution < 1.29 is 9.18 Å². The van der Waals surface area contributed by atoms with Gasteiger partial charge in [-0.15, -0.1) is 0 Å². The molecule has 2 fully saturated rings. The molecule has 1 saturated carbocycles. The van der Waals surface area contributed by atoms with Crippen LogP contribution in [0.3, 0.4) is 0 Å². The van der Waals surface area contributed by atoms with Crippen molar-refractivity contribution in [3.63, 3.8) is 0 Å². The van der Waals surface area contributed by atoms with E-state index in [0.717, 1.165) is 51.3 Å². The summed E-state index contributed by atoms with van der Waals surface area (Å²) in [4.78, 5) is 16.7. The summed E-state index contributed by atoms with van der Waals surface area (Å²) in [7, 11) is 0. The predicted octanol–water partition coefficient (Wildman–Crippen LogP) is 1.65. The average molecular weight is 319 g/mol. The minimum Gasteiger partial charge on any atom is -0.340 e. The molecule has 1 aliphatic carbocycles. The van der Waals surface area contributed by atoms with Crippen LogP contribution in [-0.2, 0) is 11.2 Å². The smallest absolute Gasteiger partial charge is 0.223 e. The van der Waals surface area contributed by atoms with E-state index in [2.05, 4.69) is 10.2 Å². The molecule has 1 amide bonds. The normalized spacial score (nSPS) is 18.4.